The van der Waals surface area contributed by atoms with E-state index in [2.05, 4.69) is 0 Å². The van der Waals surface area contributed by atoms with E-state index in [9.17, 15) is 19.7 Å². The number of piperazine rings is 1. The average molecular weight is 482 g/mol. The van der Waals surface area contributed by atoms with Crippen molar-refractivity contribution < 1.29 is 24.0 Å². The van der Waals surface area contributed by atoms with Crippen molar-refractivity contribution in [2.24, 2.45) is 0 Å². The molecular weight excluding hydrogens is 461 g/mol. The number of halogens is 2. The molecule has 0 spiro atoms. The van der Waals surface area contributed by atoms with Gasteiger partial charge in [-0.3, -0.25) is 14.9 Å². The second-order valence-corrected chi connectivity index (χ2v) is 7.77. The van der Waals surface area contributed by atoms with Gasteiger partial charge in [0.2, 0.25) is 0 Å². The van der Waals surface area contributed by atoms with Crippen molar-refractivity contribution in [3.63, 3.8) is 0 Å². The third-order valence-corrected chi connectivity index (χ3v) is 5.53. The summed E-state index contributed by atoms with van der Waals surface area (Å²) in [4.78, 5) is 39.5. The summed E-state index contributed by atoms with van der Waals surface area (Å²) >= 11 is 12.2. The molecule has 32 heavy (non-hydrogen) atoms. The smallest absolute Gasteiger partial charge is 0.338 e. The molecule has 0 aromatic heterocycles. The van der Waals surface area contributed by atoms with E-state index in [-0.39, 0.29) is 40.1 Å². The second kappa shape index (κ2) is 10.1. The summed E-state index contributed by atoms with van der Waals surface area (Å²) < 4.78 is 10.2. The summed E-state index contributed by atoms with van der Waals surface area (Å²) in [5.74, 6) is -0.668. The molecule has 170 valence electrons. The number of nitrogens with zero attached hydrogens (tertiary/aromatic N) is 3. The van der Waals surface area contributed by atoms with Gasteiger partial charge in [-0.1, -0.05) is 23.2 Å². The molecule has 0 saturated carbocycles. The van der Waals surface area contributed by atoms with Crippen LogP contribution in [0.2, 0.25) is 10.0 Å². The van der Waals surface area contributed by atoms with Gasteiger partial charge in [0.15, 0.2) is 0 Å². The van der Waals surface area contributed by atoms with Crippen LogP contribution in [0.4, 0.5) is 11.4 Å². The number of rotatable bonds is 6. The second-order valence-electron chi connectivity index (χ2n) is 6.93. The molecule has 0 N–H and O–H groups in total. The topological polar surface area (TPSA) is 102 Å². The first-order chi connectivity index (χ1) is 15.3. The molecule has 0 radical (unpaired) electrons. The third kappa shape index (κ3) is 4.89. The number of amides is 1. The Balaban J connectivity index is 1.78. The van der Waals surface area contributed by atoms with E-state index in [0.717, 1.165) is 0 Å². The highest BCUT2D eigenvalue weighted by Crippen LogP contribution is 2.34. The fourth-order valence-electron chi connectivity index (χ4n) is 3.53. The van der Waals surface area contributed by atoms with Gasteiger partial charge < -0.3 is 19.3 Å². The highest BCUT2D eigenvalue weighted by Gasteiger charge is 2.29. The van der Waals surface area contributed by atoms with E-state index < -0.39 is 10.9 Å². The van der Waals surface area contributed by atoms with Gasteiger partial charge in [-0.05, 0) is 31.2 Å². The van der Waals surface area contributed by atoms with Crippen LogP contribution in [0.1, 0.15) is 27.6 Å². The number of ether oxygens (including phenoxy) is 2. The lowest BCUT2D eigenvalue weighted by Gasteiger charge is -2.36. The zero-order valence-electron chi connectivity index (χ0n) is 17.5. The van der Waals surface area contributed by atoms with Crippen LogP contribution in [0.5, 0.6) is 5.75 Å². The Bertz CT molecular complexity index is 1050. The number of nitro benzene ring substituents is 1. The first-order valence-corrected chi connectivity index (χ1v) is 10.5. The van der Waals surface area contributed by atoms with Gasteiger partial charge in [0, 0.05) is 37.3 Å². The van der Waals surface area contributed by atoms with Crippen molar-refractivity contribution in [1.82, 2.24) is 4.90 Å². The van der Waals surface area contributed by atoms with Crippen LogP contribution in [0.3, 0.4) is 0 Å². The minimum absolute atomic E-state index is 0.112. The van der Waals surface area contributed by atoms with E-state index in [4.69, 9.17) is 32.7 Å². The van der Waals surface area contributed by atoms with Gasteiger partial charge in [-0.25, -0.2) is 4.79 Å². The van der Waals surface area contributed by atoms with E-state index >= 15 is 0 Å². The summed E-state index contributed by atoms with van der Waals surface area (Å²) in [6.45, 7) is 3.21. The summed E-state index contributed by atoms with van der Waals surface area (Å²) in [5.41, 5.74) is 0.543. The zero-order chi connectivity index (χ0) is 23.4. The Labute approximate surface area is 194 Å². The number of hydrogen-bond acceptors (Lipinski definition) is 7. The van der Waals surface area contributed by atoms with E-state index in [1.807, 2.05) is 0 Å². The molecule has 1 heterocycles. The summed E-state index contributed by atoms with van der Waals surface area (Å²) in [6, 6.07) is 7.23. The maximum Gasteiger partial charge on any atom is 0.338 e. The van der Waals surface area contributed by atoms with Gasteiger partial charge in [0.1, 0.15) is 11.4 Å². The van der Waals surface area contributed by atoms with E-state index in [1.54, 1.807) is 16.7 Å². The van der Waals surface area contributed by atoms with Crippen LogP contribution in [-0.2, 0) is 4.74 Å². The first-order valence-electron chi connectivity index (χ1n) is 9.79. The van der Waals surface area contributed by atoms with Crippen LogP contribution >= 0.6 is 23.2 Å². The van der Waals surface area contributed by atoms with Gasteiger partial charge >= 0.3 is 5.97 Å². The van der Waals surface area contributed by atoms with Crippen molar-refractivity contribution in [3.05, 3.63) is 61.6 Å². The number of benzene rings is 2. The minimum atomic E-state index is -0.619. The maximum absolute atomic E-state index is 13.0. The van der Waals surface area contributed by atoms with Crippen molar-refractivity contribution in [2.45, 2.75) is 6.92 Å². The molecule has 3 rings (SSSR count). The zero-order valence-corrected chi connectivity index (χ0v) is 19.0. The number of carbonyl (C=O) groups excluding carboxylic acids is 2. The maximum atomic E-state index is 13.0. The monoisotopic (exact) mass is 481 g/mol. The third-order valence-electron chi connectivity index (χ3n) is 5.03. The van der Waals surface area contributed by atoms with E-state index in [1.165, 1.54) is 37.4 Å². The molecule has 2 aromatic rings. The Morgan fingerprint density at radius 3 is 2.41 bits per heavy atom. The normalized spacial score (nSPS) is 13.6. The van der Waals surface area contributed by atoms with Gasteiger partial charge in [0.05, 0.1) is 34.8 Å². The molecule has 0 aliphatic carbocycles. The van der Waals surface area contributed by atoms with Gasteiger partial charge in [0.25, 0.3) is 11.6 Å². The Hall–Kier alpha value is -3.04. The fraction of sp³-hybridized carbons (Fsp3) is 0.333. The fourth-order valence-corrected chi connectivity index (χ4v) is 4.10. The summed E-state index contributed by atoms with van der Waals surface area (Å²) in [7, 11) is 1.42. The molecule has 1 amide bonds. The van der Waals surface area contributed by atoms with Crippen LogP contribution in [0.15, 0.2) is 30.3 Å². The highest BCUT2D eigenvalue weighted by atomic mass is 35.5. The Kier molecular flexibility index (Phi) is 7.42. The van der Waals surface area contributed by atoms with Crippen molar-refractivity contribution >= 4 is 46.5 Å². The molecule has 1 saturated heterocycles. The molecule has 2 aromatic carbocycles. The van der Waals surface area contributed by atoms with Crippen molar-refractivity contribution in [1.29, 1.82) is 0 Å². The van der Waals surface area contributed by atoms with Crippen LogP contribution < -0.4 is 9.64 Å². The Morgan fingerprint density at radius 1 is 1.12 bits per heavy atom. The first kappa shape index (κ1) is 23.6. The number of esters is 1. The van der Waals surface area contributed by atoms with Crippen LogP contribution in [-0.4, -0.2) is 61.6 Å². The highest BCUT2D eigenvalue weighted by molar-refractivity contribution is 6.36. The summed E-state index contributed by atoms with van der Waals surface area (Å²) in [5, 5.41) is 12.2. The predicted octanol–water partition coefficient (Wildman–Crippen LogP) is 4.05. The number of carbonyl (C=O) groups is 2. The SMILES string of the molecule is CCOC(=O)c1ccc(N2CCN(C(=O)c3cc(Cl)cc(Cl)c3OC)CC2)c([N+](=O)[O-])c1. The minimum Gasteiger partial charge on any atom is -0.494 e. The van der Waals surface area contributed by atoms with Crippen LogP contribution in [0, 0.1) is 10.1 Å². The van der Waals surface area contributed by atoms with E-state index in [0.29, 0.717) is 36.9 Å². The molecule has 11 heteroatoms. The quantitative estimate of drug-likeness (QED) is 0.348. The molecule has 1 aliphatic heterocycles. The number of nitro groups is 1. The predicted molar refractivity (Wildman–Crippen MR) is 120 cm³/mol. The number of hydrogen-bond donors (Lipinski definition) is 0. The number of anilines is 1. The Morgan fingerprint density at radius 2 is 1.81 bits per heavy atom. The van der Waals surface area contributed by atoms with Crippen molar-refractivity contribution in [2.75, 3.05) is 44.8 Å². The lowest BCUT2D eigenvalue weighted by Crippen LogP contribution is -2.49. The molecule has 0 bridgehead atoms. The largest absolute Gasteiger partial charge is 0.494 e. The lowest BCUT2D eigenvalue weighted by molar-refractivity contribution is -0.384. The molecule has 1 aliphatic rings. The molecule has 0 atom stereocenters. The molecule has 9 nitrogen and oxygen atoms in total. The lowest BCUT2D eigenvalue weighted by atomic mass is 10.1. The standard InChI is InChI=1S/C21H21Cl2N3O6/c1-3-32-21(28)13-4-5-17(18(10-13)26(29)30)24-6-8-25(9-7-24)20(27)15-11-14(22)12-16(23)19(15)31-2/h4-5,10-12H,3,6-9H2,1-2H3. The molecule has 0 unspecified atom stereocenters. The average Bonchev–Trinajstić information content (AvgIpc) is 2.78. The number of methoxy groups -OCH3 is 1. The molecular formula is C21H21Cl2N3O6. The van der Waals surface area contributed by atoms with Crippen molar-refractivity contribution in [3.8, 4) is 5.75 Å². The van der Waals surface area contributed by atoms with Gasteiger partial charge in [-0.15, -0.1) is 0 Å². The summed E-state index contributed by atoms with van der Waals surface area (Å²) in [6.07, 6.45) is 0. The van der Waals surface area contributed by atoms with Crippen LogP contribution in [0.25, 0.3) is 0 Å². The molecule has 1 fully saturated rings. The van der Waals surface area contributed by atoms with Gasteiger partial charge in [-0.2, -0.15) is 0 Å².